The molecular weight excluding hydrogens is 128 g/mol. The second kappa shape index (κ2) is 2.36. The third-order valence-electron chi connectivity index (χ3n) is 1.41. The van der Waals surface area contributed by atoms with Crippen LogP contribution in [0.15, 0.2) is 23.1 Å². The number of hydrogen-bond donors (Lipinski definition) is 0. The van der Waals surface area contributed by atoms with Crippen molar-refractivity contribution in [3.8, 4) is 0 Å². The third kappa shape index (κ3) is 1.22. The molecule has 0 spiro atoms. The highest BCUT2D eigenvalue weighted by Crippen LogP contribution is 2.10. The highest BCUT2D eigenvalue weighted by molar-refractivity contribution is 7.58. The van der Waals surface area contributed by atoms with Crippen LogP contribution in [0.2, 0.25) is 0 Å². The Morgan fingerprint density at radius 1 is 1.11 bits per heavy atom. The van der Waals surface area contributed by atoms with Crippen LogP contribution in [0.3, 0.4) is 0 Å². The van der Waals surface area contributed by atoms with Gasteiger partial charge in [-0.2, -0.15) is 4.90 Å². The lowest BCUT2D eigenvalue weighted by Crippen LogP contribution is -1.82. The van der Waals surface area contributed by atoms with Crippen molar-refractivity contribution in [2.75, 3.05) is 0 Å². The molecule has 0 atom stereocenters. The minimum atomic E-state index is 0.998. The molecule has 1 rings (SSSR count). The van der Waals surface area contributed by atoms with Gasteiger partial charge >= 0.3 is 0 Å². The molecule has 0 aliphatic rings. The van der Waals surface area contributed by atoms with Crippen LogP contribution < -0.4 is 0 Å². The summed E-state index contributed by atoms with van der Waals surface area (Å²) in [6, 6.07) is 6.10. The molecule has 0 fully saturated rings. The molecule has 0 aliphatic carbocycles. The maximum absolute atomic E-state index is 5.09. The Labute approximate surface area is 61.3 Å². The maximum Gasteiger partial charge on any atom is -0.0412 e. The number of rotatable bonds is 0. The molecular formula is C8H9S-. The zero-order valence-electron chi connectivity index (χ0n) is 5.64. The van der Waals surface area contributed by atoms with Gasteiger partial charge in [-0.25, -0.2) is 0 Å². The first-order valence-corrected chi connectivity index (χ1v) is 3.36. The fraction of sp³-hybridized carbons (Fsp3) is 0.250. The molecule has 0 bridgehead atoms. The van der Waals surface area contributed by atoms with Crippen LogP contribution in [-0.2, 0) is 12.6 Å². The molecule has 1 heteroatoms. The van der Waals surface area contributed by atoms with Crippen molar-refractivity contribution in [2.45, 2.75) is 18.7 Å². The van der Waals surface area contributed by atoms with Crippen LogP contribution in [0.25, 0.3) is 0 Å². The molecule has 1 aromatic rings. The normalized spacial score (nSPS) is 9.56. The standard InChI is InChI=1S/C8H10S/c1-6-4-3-5-7(2)8(6)9/h3-5,9H,1-2H3/p-1. The summed E-state index contributed by atoms with van der Waals surface area (Å²) in [7, 11) is 0. The lowest BCUT2D eigenvalue weighted by Gasteiger charge is -2.12. The average Bonchev–Trinajstić information content (AvgIpc) is 1.83. The third-order valence-corrected chi connectivity index (χ3v) is 2.05. The Morgan fingerprint density at radius 2 is 1.56 bits per heavy atom. The van der Waals surface area contributed by atoms with Gasteiger partial charge in [-0.05, 0) is 13.8 Å². The van der Waals surface area contributed by atoms with Gasteiger partial charge in [0.15, 0.2) is 0 Å². The van der Waals surface area contributed by atoms with E-state index in [0.29, 0.717) is 0 Å². The zero-order valence-corrected chi connectivity index (χ0v) is 6.46. The summed E-state index contributed by atoms with van der Waals surface area (Å²) in [4.78, 5) is 0.998. The van der Waals surface area contributed by atoms with Gasteiger partial charge in [0.1, 0.15) is 0 Å². The van der Waals surface area contributed by atoms with Gasteiger partial charge in [-0.3, -0.25) is 0 Å². The van der Waals surface area contributed by atoms with Crippen molar-refractivity contribution in [3.63, 3.8) is 0 Å². The van der Waals surface area contributed by atoms with Crippen LogP contribution in [0, 0.1) is 13.8 Å². The van der Waals surface area contributed by atoms with Crippen LogP contribution in [-0.4, -0.2) is 0 Å². The fourth-order valence-corrected chi connectivity index (χ4v) is 0.935. The lowest BCUT2D eigenvalue weighted by atomic mass is 10.2. The molecule has 1 aromatic carbocycles. The van der Waals surface area contributed by atoms with E-state index in [1.165, 1.54) is 11.1 Å². The van der Waals surface area contributed by atoms with E-state index in [0.717, 1.165) is 4.90 Å². The molecule has 0 aromatic heterocycles. The van der Waals surface area contributed by atoms with Crippen LogP contribution in [0.4, 0.5) is 0 Å². The van der Waals surface area contributed by atoms with E-state index < -0.39 is 0 Å². The van der Waals surface area contributed by atoms with Crippen LogP contribution in [0.1, 0.15) is 11.1 Å². The summed E-state index contributed by atoms with van der Waals surface area (Å²) in [6.07, 6.45) is 0. The second-order valence-electron chi connectivity index (χ2n) is 2.22. The quantitative estimate of drug-likeness (QED) is 0.494. The maximum atomic E-state index is 5.09. The van der Waals surface area contributed by atoms with Gasteiger partial charge in [0.25, 0.3) is 0 Å². The number of benzene rings is 1. The van der Waals surface area contributed by atoms with Crippen molar-refractivity contribution in [2.24, 2.45) is 0 Å². The molecule has 0 N–H and O–H groups in total. The first-order chi connectivity index (χ1) is 4.22. The van der Waals surface area contributed by atoms with Crippen molar-refractivity contribution >= 4 is 12.6 Å². The van der Waals surface area contributed by atoms with Crippen molar-refractivity contribution in [3.05, 3.63) is 29.3 Å². The molecule has 0 saturated heterocycles. The van der Waals surface area contributed by atoms with E-state index in [1.54, 1.807) is 0 Å². The van der Waals surface area contributed by atoms with Gasteiger partial charge in [0.2, 0.25) is 0 Å². The van der Waals surface area contributed by atoms with Gasteiger partial charge in [-0.1, -0.05) is 29.3 Å². The molecule has 48 valence electrons. The summed E-state index contributed by atoms with van der Waals surface area (Å²) in [6.45, 7) is 4.07. The van der Waals surface area contributed by atoms with Crippen LogP contribution >= 0.6 is 0 Å². The van der Waals surface area contributed by atoms with E-state index in [1.807, 2.05) is 32.0 Å². The molecule has 0 radical (unpaired) electrons. The van der Waals surface area contributed by atoms with Crippen LogP contribution in [0.5, 0.6) is 0 Å². The largest absolute Gasteiger partial charge is 0.779 e. The fourth-order valence-electron chi connectivity index (χ4n) is 0.799. The van der Waals surface area contributed by atoms with Gasteiger partial charge in [-0.15, -0.1) is 0 Å². The Bertz CT molecular complexity index is 196. The van der Waals surface area contributed by atoms with Gasteiger partial charge in [0.05, 0.1) is 0 Å². The van der Waals surface area contributed by atoms with E-state index in [-0.39, 0.29) is 0 Å². The first-order valence-electron chi connectivity index (χ1n) is 2.95. The molecule has 0 aliphatic heterocycles. The minimum Gasteiger partial charge on any atom is -0.779 e. The summed E-state index contributed by atoms with van der Waals surface area (Å²) in [5.74, 6) is 0. The molecule has 0 unspecified atom stereocenters. The monoisotopic (exact) mass is 137 g/mol. The summed E-state index contributed by atoms with van der Waals surface area (Å²) in [5, 5.41) is 0. The van der Waals surface area contributed by atoms with Crippen molar-refractivity contribution in [1.82, 2.24) is 0 Å². The van der Waals surface area contributed by atoms with Gasteiger partial charge < -0.3 is 12.6 Å². The zero-order chi connectivity index (χ0) is 6.85. The highest BCUT2D eigenvalue weighted by Gasteiger charge is 1.84. The average molecular weight is 137 g/mol. The Morgan fingerprint density at radius 3 is 1.89 bits per heavy atom. The summed E-state index contributed by atoms with van der Waals surface area (Å²) < 4.78 is 0. The molecule has 0 amide bonds. The molecule has 0 nitrogen and oxygen atoms in total. The molecule has 0 saturated carbocycles. The van der Waals surface area contributed by atoms with E-state index in [2.05, 4.69) is 0 Å². The SMILES string of the molecule is Cc1cccc(C)c1[S-]. The Kier molecular flexibility index (Phi) is 1.72. The molecule has 0 heterocycles. The molecule has 9 heavy (non-hydrogen) atoms. The number of aryl methyl sites for hydroxylation is 2. The Balaban J connectivity index is 3.25. The first kappa shape index (κ1) is 6.56. The van der Waals surface area contributed by atoms with E-state index >= 15 is 0 Å². The number of hydrogen-bond acceptors (Lipinski definition) is 1. The summed E-state index contributed by atoms with van der Waals surface area (Å²) >= 11 is 5.09. The smallest absolute Gasteiger partial charge is 0.0412 e. The Hall–Kier alpha value is -0.560. The second-order valence-corrected chi connectivity index (χ2v) is 2.63. The minimum absolute atomic E-state index is 0.998. The lowest BCUT2D eigenvalue weighted by molar-refractivity contribution is 1.22. The van der Waals surface area contributed by atoms with E-state index in [9.17, 15) is 0 Å². The van der Waals surface area contributed by atoms with Gasteiger partial charge in [0, 0.05) is 0 Å². The predicted molar refractivity (Wildman–Crippen MR) is 41.5 cm³/mol. The predicted octanol–water partition coefficient (Wildman–Crippen LogP) is 2.21. The van der Waals surface area contributed by atoms with Crippen molar-refractivity contribution in [1.29, 1.82) is 0 Å². The topological polar surface area (TPSA) is 0 Å². The van der Waals surface area contributed by atoms with Crippen molar-refractivity contribution < 1.29 is 0 Å². The highest BCUT2D eigenvalue weighted by atomic mass is 32.1. The van der Waals surface area contributed by atoms with E-state index in [4.69, 9.17) is 12.6 Å². The summed E-state index contributed by atoms with van der Waals surface area (Å²) in [5.41, 5.74) is 2.40.